The van der Waals surface area contributed by atoms with Crippen LogP contribution in [0.3, 0.4) is 0 Å². The molecule has 0 bridgehead atoms. The average Bonchev–Trinajstić information content (AvgIpc) is 3.41. The first-order chi connectivity index (χ1) is 20.9. The van der Waals surface area contributed by atoms with Gasteiger partial charge in [0.1, 0.15) is 0 Å². The van der Waals surface area contributed by atoms with Gasteiger partial charge in [-0.2, -0.15) is 0 Å². The monoisotopic (exact) mass is 576 g/mol. The molecular weight excluding hydrogens is 544 g/mol. The van der Waals surface area contributed by atoms with Gasteiger partial charge in [0.25, 0.3) is 0 Å². The van der Waals surface area contributed by atoms with Gasteiger partial charge in [0.05, 0.1) is 43.9 Å². The van der Waals surface area contributed by atoms with Crippen molar-refractivity contribution in [2.75, 3.05) is 7.11 Å². The lowest BCUT2D eigenvalue weighted by atomic mass is 9.57. The highest BCUT2D eigenvalue weighted by Gasteiger charge is 2.61. The van der Waals surface area contributed by atoms with Crippen molar-refractivity contribution < 1.29 is 29.0 Å². The molecule has 7 rings (SSSR count). The number of carbonyl (C=O) groups excluding carboxylic acids is 4. The third-order valence-electron chi connectivity index (χ3n) is 9.76. The topological polar surface area (TPSA) is 104 Å². The summed E-state index contributed by atoms with van der Waals surface area (Å²) in [5, 5.41) is 10.3. The van der Waals surface area contributed by atoms with E-state index in [0.29, 0.717) is 12.8 Å². The lowest BCUT2D eigenvalue weighted by Crippen LogP contribution is -2.43. The zero-order chi connectivity index (χ0) is 29.8. The minimum absolute atomic E-state index is 0.0273. The number of hydrogen-bond acceptors (Lipinski definition) is 6. The molecule has 8 heteroatoms. The van der Waals surface area contributed by atoms with Gasteiger partial charge >= 0.3 is 0 Å². The summed E-state index contributed by atoms with van der Waals surface area (Å²) in [7, 11) is 1.46. The number of hydrogen-bond donors (Lipinski definition) is 1. The standard InChI is InChI=1S/C35H32N2O6/c1-43-28-16-22(12-15-27(28)38)29-23-13-14-24-30(34(41)36(32(24)39)18-20-8-4-2-5-9-20)25(23)17-26-31(29)35(42)37(33(26)40)19-21-10-6-3-7-11-21/h2-13,15-16,24-26,29-31,38H,14,17-19H2,1H3. The molecule has 4 aliphatic rings. The fourth-order valence-electron chi connectivity index (χ4n) is 7.83. The van der Waals surface area contributed by atoms with E-state index in [0.717, 1.165) is 22.3 Å². The van der Waals surface area contributed by atoms with Crippen LogP contribution in [0.4, 0.5) is 0 Å². The molecule has 2 aliphatic heterocycles. The molecule has 3 aromatic rings. The maximum atomic E-state index is 14.1. The summed E-state index contributed by atoms with van der Waals surface area (Å²) in [5.41, 5.74) is 3.39. The van der Waals surface area contributed by atoms with E-state index in [4.69, 9.17) is 4.74 Å². The van der Waals surface area contributed by atoms with Crippen molar-refractivity contribution in [3.8, 4) is 11.5 Å². The van der Waals surface area contributed by atoms with E-state index in [-0.39, 0.29) is 54.1 Å². The summed E-state index contributed by atoms with van der Waals surface area (Å²) < 4.78 is 5.41. The minimum atomic E-state index is -0.655. The number of imide groups is 2. The highest BCUT2D eigenvalue weighted by atomic mass is 16.5. The number of aromatic hydroxyl groups is 1. The number of rotatable bonds is 6. The van der Waals surface area contributed by atoms with E-state index in [2.05, 4.69) is 0 Å². The molecule has 218 valence electrons. The van der Waals surface area contributed by atoms with Gasteiger partial charge < -0.3 is 9.84 Å². The molecule has 0 aromatic heterocycles. The van der Waals surface area contributed by atoms with Crippen molar-refractivity contribution in [3.63, 3.8) is 0 Å². The molecule has 1 N–H and O–H groups in total. The van der Waals surface area contributed by atoms with Gasteiger partial charge in [0.2, 0.25) is 23.6 Å². The Hall–Kier alpha value is -4.72. The molecule has 4 amide bonds. The van der Waals surface area contributed by atoms with Crippen LogP contribution in [-0.4, -0.2) is 45.6 Å². The number of amides is 4. The fraction of sp³-hybridized carbons (Fsp3) is 0.314. The van der Waals surface area contributed by atoms with E-state index in [1.54, 1.807) is 12.1 Å². The molecule has 2 aliphatic carbocycles. The summed E-state index contributed by atoms with van der Waals surface area (Å²) in [4.78, 5) is 58.4. The number of carbonyl (C=O) groups is 4. The summed E-state index contributed by atoms with van der Waals surface area (Å²) in [5.74, 6) is -3.88. The highest BCUT2D eigenvalue weighted by molar-refractivity contribution is 6.08. The Balaban J connectivity index is 1.29. The second-order valence-corrected chi connectivity index (χ2v) is 12.0. The molecular formula is C35H32N2O6. The quantitative estimate of drug-likeness (QED) is 0.344. The van der Waals surface area contributed by atoms with Gasteiger partial charge in [-0.05, 0) is 47.6 Å². The molecule has 0 radical (unpaired) electrons. The van der Waals surface area contributed by atoms with Gasteiger partial charge in [0, 0.05) is 5.92 Å². The molecule has 8 nitrogen and oxygen atoms in total. The van der Waals surface area contributed by atoms with E-state index in [1.807, 2.05) is 66.7 Å². The van der Waals surface area contributed by atoms with Gasteiger partial charge in [-0.15, -0.1) is 0 Å². The molecule has 43 heavy (non-hydrogen) atoms. The lowest BCUT2D eigenvalue weighted by Gasteiger charge is -2.44. The number of benzene rings is 3. The van der Waals surface area contributed by atoms with E-state index in [1.165, 1.54) is 23.0 Å². The second-order valence-electron chi connectivity index (χ2n) is 12.0. The predicted molar refractivity (Wildman–Crippen MR) is 156 cm³/mol. The molecule has 2 heterocycles. The Labute approximate surface area is 249 Å². The third-order valence-corrected chi connectivity index (χ3v) is 9.76. The number of phenolic OH excluding ortho intramolecular Hbond substituents is 1. The Morgan fingerprint density at radius 2 is 1.30 bits per heavy atom. The van der Waals surface area contributed by atoms with Crippen LogP contribution in [0.1, 0.15) is 35.4 Å². The number of allylic oxidation sites excluding steroid dienone is 2. The largest absolute Gasteiger partial charge is 0.504 e. The Kier molecular flexibility index (Phi) is 6.64. The first-order valence-corrected chi connectivity index (χ1v) is 14.7. The van der Waals surface area contributed by atoms with Gasteiger partial charge in [0.15, 0.2) is 11.5 Å². The normalized spacial score (nSPS) is 28.0. The fourth-order valence-corrected chi connectivity index (χ4v) is 7.83. The smallest absolute Gasteiger partial charge is 0.234 e. The Bertz CT molecular complexity index is 1650. The van der Waals surface area contributed by atoms with Crippen LogP contribution in [0, 0.1) is 29.6 Å². The van der Waals surface area contributed by atoms with Crippen LogP contribution in [0.15, 0.2) is 90.5 Å². The molecule has 2 saturated heterocycles. The average molecular weight is 577 g/mol. The van der Waals surface area contributed by atoms with Crippen molar-refractivity contribution in [2.45, 2.75) is 31.8 Å². The number of nitrogens with zero attached hydrogens (tertiary/aromatic N) is 2. The van der Waals surface area contributed by atoms with Crippen LogP contribution >= 0.6 is 0 Å². The number of fused-ring (bicyclic) bond motifs is 4. The number of methoxy groups -OCH3 is 1. The van der Waals surface area contributed by atoms with Crippen molar-refractivity contribution >= 4 is 23.6 Å². The van der Waals surface area contributed by atoms with Gasteiger partial charge in [-0.1, -0.05) is 78.4 Å². The SMILES string of the molecule is COc1cc(C2C3=CCC4C(=O)N(Cc5ccccc5)C(=O)C4C3CC3C(=O)N(Cc4ccccc4)C(=O)C32)ccc1O. The highest BCUT2D eigenvalue weighted by Crippen LogP contribution is 2.58. The first kappa shape index (κ1) is 27.1. The molecule has 0 spiro atoms. The number of ether oxygens (including phenoxy) is 1. The number of likely N-dealkylation sites (tertiary alicyclic amines) is 2. The first-order valence-electron chi connectivity index (χ1n) is 14.7. The zero-order valence-corrected chi connectivity index (χ0v) is 23.8. The van der Waals surface area contributed by atoms with Crippen molar-refractivity contribution in [3.05, 3.63) is 107 Å². The van der Waals surface area contributed by atoms with Gasteiger partial charge in [-0.25, -0.2) is 0 Å². The van der Waals surface area contributed by atoms with Crippen LogP contribution in [-0.2, 0) is 32.3 Å². The Morgan fingerprint density at radius 3 is 1.91 bits per heavy atom. The van der Waals surface area contributed by atoms with E-state index < -0.39 is 29.6 Å². The second kappa shape index (κ2) is 10.5. The predicted octanol–water partition coefficient (Wildman–Crippen LogP) is 4.44. The van der Waals surface area contributed by atoms with Gasteiger partial charge in [-0.3, -0.25) is 29.0 Å². The van der Waals surface area contributed by atoms with E-state index >= 15 is 0 Å². The molecule has 3 aromatic carbocycles. The summed E-state index contributed by atoms with van der Waals surface area (Å²) in [6.07, 6.45) is 2.75. The number of phenols is 1. The van der Waals surface area contributed by atoms with Crippen molar-refractivity contribution in [2.24, 2.45) is 29.6 Å². The van der Waals surface area contributed by atoms with E-state index in [9.17, 15) is 24.3 Å². The van der Waals surface area contributed by atoms with Crippen LogP contribution < -0.4 is 4.74 Å². The lowest BCUT2D eigenvalue weighted by molar-refractivity contribution is -0.142. The Morgan fingerprint density at radius 1 is 0.721 bits per heavy atom. The maximum Gasteiger partial charge on any atom is 0.234 e. The third kappa shape index (κ3) is 4.35. The van der Waals surface area contributed by atoms with Crippen LogP contribution in [0.5, 0.6) is 11.5 Å². The van der Waals surface area contributed by atoms with Crippen LogP contribution in [0.25, 0.3) is 0 Å². The summed E-state index contributed by atoms with van der Waals surface area (Å²) >= 11 is 0. The molecule has 6 unspecified atom stereocenters. The summed E-state index contributed by atoms with van der Waals surface area (Å²) in [6.45, 7) is 0.385. The van der Waals surface area contributed by atoms with Crippen LogP contribution in [0.2, 0.25) is 0 Å². The zero-order valence-electron chi connectivity index (χ0n) is 23.8. The summed E-state index contributed by atoms with van der Waals surface area (Å²) in [6, 6.07) is 23.9. The molecule has 3 fully saturated rings. The molecule has 1 saturated carbocycles. The molecule has 6 atom stereocenters. The minimum Gasteiger partial charge on any atom is -0.504 e. The maximum absolute atomic E-state index is 14.1. The van der Waals surface area contributed by atoms with Crippen molar-refractivity contribution in [1.29, 1.82) is 0 Å². The van der Waals surface area contributed by atoms with Crippen molar-refractivity contribution in [1.82, 2.24) is 9.80 Å².